The molecule has 1 nitrogen and oxygen atoms in total. The molecule has 3 heteroatoms. The van der Waals surface area contributed by atoms with Gasteiger partial charge in [0.15, 0.2) is 0 Å². The number of halogens is 2. The van der Waals surface area contributed by atoms with Gasteiger partial charge in [0.25, 0.3) is 0 Å². The minimum atomic E-state index is 0.313. The number of rotatable bonds is 6. The summed E-state index contributed by atoms with van der Waals surface area (Å²) >= 11 is 12.0. The molecular formula is C17H19Cl2N. The summed E-state index contributed by atoms with van der Waals surface area (Å²) in [6, 6.07) is 16.7. The van der Waals surface area contributed by atoms with E-state index in [0.29, 0.717) is 16.1 Å². The van der Waals surface area contributed by atoms with Crippen LogP contribution in [0.5, 0.6) is 0 Å². The van der Waals surface area contributed by atoms with E-state index in [-0.39, 0.29) is 0 Å². The zero-order valence-corrected chi connectivity index (χ0v) is 13.1. The van der Waals surface area contributed by atoms with Gasteiger partial charge in [0.05, 0.1) is 10.0 Å². The molecule has 20 heavy (non-hydrogen) atoms. The van der Waals surface area contributed by atoms with Crippen molar-refractivity contribution in [2.24, 2.45) is 0 Å². The highest BCUT2D eigenvalue weighted by molar-refractivity contribution is 6.42. The van der Waals surface area contributed by atoms with Gasteiger partial charge in [0.1, 0.15) is 0 Å². The predicted octanol–water partition coefficient (Wildman–Crippen LogP) is 5.28. The Bertz CT molecular complexity index is 540. The maximum atomic E-state index is 6.09. The van der Waals surface area contributed by atoms with E-state index in [9.17, 15) is 0 Å². The molecule has 1 unspecified atom stereocenters. The van der Waals surface area contributed by atoms with E-state index >= 15 is 0 Å². The van der Waals surface area contributed by atoms with Gasteiger partial charge in [-0.1, -0.05) is 59.6 Å². The number of nitrogens with one attached hydrogen (secondary N) is 1. The monoisotopic (exact) mass is 307 g/mol. The Kier molecular flexibility index (Phi) is 5.90. The Balaban J connectivity index is 1.93. The van der Waals surface area contributed by atoms with Crippen molar-refractivity contribution in [1.82, 2.24) is 5.32 Å². The molecule has 0 radical (unpaired) electrons. The SMILES string of the molecule is CNC(CCCc1ccccc1)c1ccc(Cl)c(Cl)c1. The van der Waals surface area contributed by atoms with E-state index in [4.69, 9.17) is 23.2 Å². The molecule has 2 aromatic carbocycles. The summed E-state index contributed by atoms with van der Waals surface area (Å²) in [6.45, 7) is 0. The lowest BCUT2D eigenvalue weighted by Crippen LogP contribution is -2.16. The minimum Gasteiger partial charge on any atom is -0.313 e. The van der Waals surface area contributed by atoms with Crippen molar-refractivity contribution in [3.63, 3.8) is 0 Å². The lowest BCUT2D eigenvalue weighted by molar-refractivity contribution is 0.527. The molecule has 0 heterocycles. The zero-order chi connectivity index (χ0) is 14.4. The first-order chi connectivity index (χ1) is 9.70. The van der Waals surface area contributed by atoms with Crippen molar-refractivity contribution in [2.45, 2.75) is 25.3 Å². The summed E-state index contributed by atoms with van der Waals surface area (Å²) in [6.07, 6.45) is 3.31. The smallest absolute Gasteiger partial charge is 0.0595 e. The average Bonchev–Trinajstić information content (AvgIpc) is 2.48. The summed E-state index contributed by atoms with van der Waals surface area (Å²) < 4.78 is 0. The molecule has 0 saturated carbocycles. The van der Waals surface area contributed by atoms with Crippen LogP contribution in [0.3, 0.4) is 0 Å². The van der Waals surface area contributed by atoms with Gasteiger partial charge in [-0.15, -0.1) is 0 Å². The van der Waals surface area contributed by atoms with E-state index in [2.05, 4.69) is 35.6 Å². The number of hydrogen-bond acceptors (Lipinski definition) is 1. The lowest BCUT2D eigenvalue weighted by atomic mass is 9.99. The Morgan fingerprint density at radius 1 is 1.00 bits per heavy atom. The summed E-state index contributed by atoms with van der Waals surface area (Å²) in [5.41, 5.74) is 2.58. The van der Waals surface area contributed by atoms with Crippen molar-refractivity contribution in [1.29, 1.82) is 0 Å². The molecule has 1 atom stereocenters. The van der Waals surface area contributed by atoms with Crippen LogP contribution in [-0.4, -0.2) is 7.05 Å². The van der Waals surface area contributed by atoms with Gasteiger partial charge in [-0.3, -0.25) is 0 Å². The van der Waals surface area contributed by atoms with Crippen molar-refractivity contribution in [3.8, 4) is 0 Å². The van der Waals surface area contributed by atoms with Crippen LogP contribution in [0.4, 0.5) is 0 Å². The second kappa shape index (κ2) is 7.68. The predicted molar refractivity (Wildman–Crippen MR) is 87.6 cm³/mol. The third kappa shape index (κ3) is 4.24. The molecule has 106 valence electrons. The second-order valence-corrected chi connectivity index (χ2v) is 5.71. The molecule has 2 aromatic rings. The van der Waals surface area contributed by atoms with Gasteiger partial charge in [-0.25, -0.2) is 0 Å². The average molecular weight is 308 g/mol. The van der Waals surface area contributed by atoms with Crippen LogP contribution in [0, 0.1) is 0 Å². The van der Waals surface area contributed by atoms with Crippen LogP contribution >= 0.6 is 23.2 Å². The van der Waals surface area contributed by atoms with Crippen LogP contribution in [0.2, 0.25) is 10.0 Å². The highest BCUT2D eigenvalue weighted by Gasteiger charge is 2.10. The summed E-state index contributed by atoms with van der Waals surface area (Å²) in [4.78, 5) is 0. The second-order valence-electron chi connectivity index (χ2n) is 4.89. The quantitative estimate of drug-likeness (QED) is 0.766. The standard InChI is InChI=1S/C17H19Cl2N/c1-20-17(14-10-11-15(18)16(19)12-14)9-5-8-13-6-3-2-4-7-13/h2-4,6-7,10-12,17,20H,5,8-9H2,1H3. The molecule has 2 rings (SSSR count). The topological polar surface area (TPSA) is 12.0 Å². The van der Waals surface area contributed by atoms with E-state index in [0.717, 1.165) is 19.3 Å². The van der Waals surface area contributed by atoms with Crippen LogP contribution in [-0.2, 0) is 6.42 Å². The van der Waals surface area contributed by atoms with Crippen LogP contribution in [0.25, 0.3) is 0 Å². The fourth-order valence-electron chi connectivity index (χ4n) is 2.36. The largest absolute Gasteiger partial charge is 0.313 e. The van der Waals surface area contributed by atoms with Gasteiger partial charge in [-0.05, 0) is 49.6 Å². The van der Waals surface area contributed by atoms with Crippen LogP contribution in [0.1, 0.15) is 30.0 Å². The molecule has 0 fully saturated rings. The Morgan fingerprint density at radius 2 is 1.75 bits per heavy atom. The molecule has 0 spiro atoms. The summed E-state index contributed by atoms with van der Waals surface area (Å²) in [5.74, 6) is 0. The molecule has 0 saturated heterocycles. The molecule has 0 aliphatic carbocycles. The zero-order valence-electron chi connectivity index (χ0n) is 11.6. The molecule has 1 N–H and O–H groups in total. The number of hydrogen-bond donors (Lipinski definition) is 1. The van der Waals surface area contributed by atoms with Gasteiger partial charge < -0.3 is 5.32 Å². The maximum Gasteiger partial charge on any atom is 0.0595 e. The highest BCUT2D eigenvalue weighted by Crippen LogP contribution is 2.27. The van der Waals surface area contributed by atoms with Crippen molar-refractivity contribution in [2.75, 3.05) is 7.05 Å². The maximum absolute atomic E-state index is 6.09. The molecule has 0 aromatic heterocycles. The van der Waals surface area contributed by atoms with Gasteiger partial charge in [-0.2, -0.15) is 0 Å². The third-order valence-electron chi connectivity index (χ3n) is 3.50. The van der Waals surface area contributed by atoms with E-state index in [1.807, 2.05) is 25.2 Å². The number of aryl methyl sites for hydroxylation is 1. The Hall–Kier alpha value is -1.02. The minimum absolute atomic E-state index is 0.313. The highest BCUT2D eigenvalue weighted by atomic mass is 35.5. The fraction of sp³-hybridized carbons (Fsp3) is 0.294. The first-order valence-electron chi connectivity index (χ1n) is 6.87. The molecular weight excluding hydrogens is 289 g/mol. The summed E-state index contributed by atoms with van der Waals surface area (Å²) in [7, 11) is 1.98. The Labute approximate surface area is 130 Å². The fourth-order valence-corrected chi connectivity index (χ4v) is 2.67. The molecule has 0 aliphatic rings. The summed E-state index contributed by atoms with van der Waals surface area (Å²) in [5, 5.41) is 4.57. The first kappa shape index (κ1) is 15.4. The van der Waals surface area contributed by atoms with E-state index in [1.54, 1.807) is 0 Å². The van der Waals surface area contributed by atoms with E-state index in [1.165, 1.54) is 11.1 Å². The lowest BCUT2D eigenvalue weighted by Gasteiger charge is -2.17. The van der Waals surface area contributed by atoms with Crippen molar-refractivity contribution >= 4 is 23.2 Å². The third-order valence-corrected chi connectivity index (χ3v) is 4.23. The van der Waals surface area contributed by atoms with Gasteiger partial charge in [0, 0.05) is 6.04 Å². The molecule has 0 amide bonds. The molecule has 0 bridgehead atoms. The van der Waals surface area contributed by atoms with Crippen LogP contribution in [0.15, 0.2) is 48.5 Å². The van der Waals surface area contributed by atoms with Gasteiger partial charge in [0.2, 0.25) is 0 Å². The van der Waals surface area contributed by atoms with E-state index < -0.39 is 0 Å². The first-order valence-corrected chi connectivity index (χ1v) is 7.62. The molecule has 0 aliphatic heterocycles. The Morgan fingerprint density at radius 3 is 2.40 bits per heavy atom. The van der Waals surface area contributed by atoms with Crippen LogP contribution < -0.4 is 5.32 Å². The van der Waals surface area contributed by atoms with Crippen molar-refractivity contribution in [3.05, 3.63) is 69.7 Å². The van der Waals surface area contributed by atoms with Crippen molar-refractivity contribution < 1.29 is 0 Å². The number of benzene rings is 2. The van der Waals surface area contributed by atoms with Gasteiger partial charge >= 0.3 is 0 Å². The normalized spacial score (nSPS) is 12.3.